The van der Waals surface area contributed by atoms with Crippen LogP contribution in [-0.2, 0) is 4.79 Å². The molecule has 1 saturated heterocycles. The van der Waals surface area contributed by atoms with Gasteiger partial charge in [0, 0.05) is 53.4 Å². The smallest absolute Gasteiger partial charge is 0.350 e. The Morgan fingerprint density at radius 3 is 2.59 bits per heavy atom. The van der Waals surface area contributed by atoms with E-state index in [0.717, 1.165) is 5.56 Å². The van der Waals surface area contributed by atoms with Crippen molar-refractivity contribution in [3.05, 3.63) is 94.3 Å². The lowest BCUT2D eigenvalue weighted by Gasteiger charge is -2.40. The molecule has 5 rings (SSSR count). The summed E-state index contributed by atoms with van der Waals surface area (Å²) in [5, 5.41) is 0.967. The molecule has 1 fully saturated rings. The predicted molar refractivity (Wildman–Crippen MR) is 153 cm³/mol. The number of carbonyl (C=O) groups is 1. The van der Waals surface area contributed by atoms with Crippen LogP contribution in [0.4, 0.5) is 10.2 Å². The van der Waals surface area contributed by atoms with Crippen LogP contribution in [-0.4, -0.2) is 51.0 Å². The van der Waals surface area contributed by atoms with Crippen LogP contribution in [0.25, 0.3) is 27.8 Å². The number of rotatable bonds is 5. The van der Waals surface area contributed by atoms with Gasteiger partial charge in [-0.1, -0.05) is 56.3 Å². The Hall–Kier alpha value is -4.04. The monoisotopic (exact) mass is 545 g/mol. The normalized spacial score (nSPS) is 15.7. The Labute approximate surface area is 231 Å². The summed E-state index contributed by atoms with van der Waals surface area (Å²) in [7, 11) is 0. The topological polar surface area (TPSA) is 71.3 Å². The highest BCUT2D eigenvalue weighted by molar-refractivity contribution is 6.34. The second-order valence-electron chi connectivity index (χ2n) is 9.98. The SMILES string of the molecule is C=CC(=O)N1CCN(c2nc(=O)n(-c3ncccc3C(C)C)c3cc(-c4ccccc4F)c(Cl)cc23)[C@@H](C)C1. The van der Waals surface area contributed by atoms with E-state index in [4.69, 9.17) is 11.6 Å². The van der Waals surface area contributed by atoms with Crippen molar-refractivity contribution >= 4 is 34.2 Å². The maximum atomic E-state index is 14.9. The lowest BCUT2D eigenvalue weighted by atomic mass is 10.0. The Morgan fingerprint density at radius 1 is 1.13 bits per heavy atom. The van der Waals surface area contributed by atoms with Crippen molar-refractivity contribution < 1.29 is 9.18 Å². The molecular weight excluding hydrogens is 517 g/mol. The van der Waals surface area contributed by atoms with Crippen molar-refractivity contribution in [2.24, 2.45) is 0 Å². The number of pyridine rings is 1. The largest absolute Gasteiger partial charge is 0.355 e. The second kappa shape index (κ2) is 10.6. The predicted octanol–water partition coefficient (Wildman–Crippen LogP) is 5.59. The molecular formula is C30H29ClFN5O2. The fourth-order valence-electron chi connectivity index (χ4n) is 5.19. The molecule has 0 radical (unpaired) electrons. The number of hydrogen-bond donors (Lipinski definition) is 0. The van der Waals surface area contributed by atoms with Gasteiger partial charge in [-0.05, 0) is 48.7 Å². The van der Waals surface area contributed by atoms with E-state index in [1.54, 1.807) is 41.4 Å². The second-order valence-corrected chi connectivity index (χ2v) is 10.4. The van der Waals surface area contributed by atoms with Gasteiger partial charge in [-0.2, -0.15) is 4.98 Å². The summed E-state index contributed by atoms with van der Waals surface area (Å²) < 4.78 is 16.4. The molecule has 2 aromatic heterocycles. The molecule has 2 aromatic carbocycles. The third-order valence-electron chi connectivity index (χ3n) is 7.16. The van der Waals surface area contributed by atoms with Gasteiger partial charge in [-0.25, -0.2) is 18.7 Å². The lowest BCUT2D eigenvalue weighted by molar-refractivity contribution is -0.126. The van der Waals surface area contributed by atoms with Crippen LogP contribution in [0.3, 0.4) is 0 Å². The molecule has 0 saturated carbocycles. The Balaban J connectivity index is 1.78. The van der Waals surface area contributed by atoms with E-state index < -0.39 is 11.5 Å². The van der Waals surface area contributed by atoms with E-state index in [1.807, 2.05) is 37.8 Å². The first-order valence-corrected chi connectivity index (χ1v) is 13.2. The minimum absolute atomic E-state index is 0.0872. The summed E-state index contributed by atoms with van der Waals surface area (Å²) in [6.45, 7) is 11.0. The van der Waals surface area contributed by atoms with Gasteiger partial charge in [0.15, 0.2) is 0 Å². The highest BCUT2D eigenvalue weighted by atomic mass is 35.5. The van der Waals surface area contributed by atoms with Crippen LogP contribution in [0.15, 0.2) is 72.2 Å². The van der Waals surface area contributed by atoms with E-state index >= 15 is 0 Å². The number of halogens is 2. The standard InChI is InChI=1S/C30H29ClFN5O2/c1-5-27(38)35-13-14-36(19(4)17-35)29-23-15-24(31)22(21-9-6-7-11-25(21)32)16-26(23)37(30(39)34-29)28-20(18(2)3)10-8-12-33-28/h5-12,15-16,18-19H,1,13-14,17H2,2-4H3/t19-/m0/s1. The highest BCUT2D eigenvalue weighted by Crippen LogP contribution is 2.37. The Bertz CT molecular complexity index is 1650. The molecule has 0 aliphatic carbocycles. The number of carbonyl (C=O) groups excluding carboxylic acids is 1. The number of aromatic nitrogens is 3. The zero-order valence-corrected chi connectivity index (χ0v) is 22.8. The van der Waals surface area contributed by atoms with Gasteiger partial charge in [-0.15, -0.1) is 0 Å². The number of benzene rings is 2. The van der Waals surface area contributed by atoms with Gasteiger partial charge in [0.25, 0.3) is 0 Å². The van der Waals surface area contributed by atoms with Crippen LogP contribution < -0.4 is 10.6 Å². The van der Waals surface area contributed by atoms with Gasteiger partial charge < -0.3 is 9.80 Å². The molecule has 39 heavy (non-hydrogen) atoms. The van der Waals surface area contributed by atoms with Gasteiger partial charge in [0.2, 0.25) is 5.91 Å². The molecule has 200 valence electrons. The quantitative estimate of drug-likeness (QED) is 0.306. The van der Waals surface area contributed by atoms with E-state index in [-0.39, 0.29) is 17.9 Å². The molecule has 1 aliphatic heterocycles. The van der Waals surface area contributed by atoms with Crippen molar-refractivity contribution in [2.45, 2.75) is 32.7 Å². The zero-order chi connectivity index (χ0) is 27.8. The molecule has 4 aromatic rings. The first-order chi connectivity index (χ1) is 18.7. The van der Waals surface area contributed by atoms with Gasteiger partial charge in [0.05, 0.1) is 5.52 Å². The zero-order valence-electron chi connectivity index (χ0n) is 22.1. The summed E-state index contributed by atoms with van der Waals surface area (Å²) in [5.74, 6) is 0.471. The van der Waals surface area contributed by atoms with Crippen molar-refractivity contribution in [3.8, 4) is 16.9 Å². The highest BCUT2D eigenvalue weighted by Gasteiger charge is 2.30. The minimum atomic E-state index is -0.503. The fraction of sp³-hybridized carbons (Fsp3) is 0.267. The summed E-state index contributed by atoms with van der Waals surface area (Å²) in [5.41, 5.74) is 1.69. The van der Waals surface area contributed by atoms with Crippen LogP contribution >= 0.6 is 11.6 Å². The fourth-order valence-corrected chi connectivity index (χ4v) is 5.45. The van der Waals surface area contributed by atoms with Gasteiger partial charge in [-0.3, -0.25) is 4.79 Å². The number of amides is 1. The Kier molecular flexibility index (Phi) is 7.23. The molecule has 0 spiro atoms. The molecule has 3 heterocycles. The molecule has 9 heteroatoms. The van der Waals surface area contributed by atoms with Crippen molar-refractivity contribution in [1.82, 2.24) is 19.4 Å². The van der Waals surface area contributed by atoms with Crippen molar-refractivity contribution in [1.29, 1.82) is 0 Å². The third-order valence-corrected chi connectivity index (χ3v) is 7.47. The van der Waals surface area contributed by atoms with E-state index in [2.05, 4.69) is 16.5 Å². The number of piperazine rings is 1. The van der Waals surface area contributed by atoms with Crippen LogP contribution in [0.5, 0.6) is 0 Å². The lowest BCUT2D eigenvalue weighted by Crippen LogP contribution is -2.54. The molecule has 0 N–H and O–H groups in total. The first kappa shape index (κ1) is 26.6. The molecule has 1 atom stereocenters. The van der Waals surface area contributed by atoms with E-state index in [9.17, 15) is 14.0 Å². The summed E-state index contributed by atoms with van der Waals surface area (Å²) in [6.07, 6.45) is 2.94. The van der Waals surface area contributed by atoms with Crippen molar-refractivity contribution in [2.75, 3.05) is 24.5 Å². The van der Waals surface area contributed by atoms with E-state index in [0.29, 0.717) is 58.3 Å². The van der Waals surface area contributed by atoms with Crippen molar-refractivity contribution in [3.63, 3.8) is 0 Å². The maximum absolute atomic E-state index is 14.9. The Morgan fingerprint density at radius 2 is 1.90 bits per heavy atom. The van der Waals surface area contributed by atoms with Crippen LogP contribution in [0, 0.1) is 5.82 Å². The van der Waals surface area contributed by atoms with Crippen LogP contribution in [0.1, 0.15) is 32.3 Å². The molecule has 0 bridgehead atoms. The molecule has 0 unspecified atom stereocenters. The average molecular weight is 546 g/mol. The summed E-state index contributed by atoms with van der Waals surface area (Å²) in [4.78, 5) is 38.9. The number of nitrogens with zero attached hydrogens (tertiary/aromatic N) is 5. The van der Waals surface area contributed by atoms with Gasteiger partial charge >= 0.3 is 5.69 Å². The first-order valence-electron chi connectivity index (χ1n) is 12.9. The average Bonchev–Trinajstić information content (AvgIpc) is 2.92. The third kappa shape index (κ3) is 4.81. The maximum Gasteiger partial charge on any atom is 0.355 e. The molecule has 1 amide bonds. The number of anilines is 1. The summed E-state index contributed by atoms with van der Waals surface area (Å²) in [6, 6.07) is 13.5. The summed E-state index contributed by atoms with van der Waals surface area (Å²) >= 11 is 6.78. The number of hydrogen-bond acceptors (Lipinski definition) is 5. The minimum Gasteiger partial charge on any atom is -0.350 e. The van der Waals surface area contributed by atoms with Gasteiger partial charge in [0.1, 0.15) is 17.5 Å². The molecule has 1 aliphatic rings. The van der Waals surface area contributed by atoms with Crippen LogP contribution in [0.2, 0.25) is 5.02 Å². The molecule has 7 nitrogen and oxygen atoms in total. The number of fused-ring (bicyclic) bond motifs is 1. The van der Waals surface area contributed by atoms with E-state index in [1.165, 1.54) is 16.7 Å².